The van der Waals surface area contributed by atoms with Crippen LogP contribution in [-0.4, -0.2) is 63.5 Å². The highest BCUT2D eigenvalue weighted by Gasteiger charge is 2.26. The molecular weight excluding hydrogens is 512 g/mol. The van der Waals surface area contributed by atoms with Crippen LogP contribution in [-0.2, 0) is 11.3 Å². The van der Waals surface area contributed by atoms with Gasteiger partial charge in [0.2, 0.25) is 0 Å². The zero-order valence-electron chi connectivity index (χ0n) is 22.4. The Hall–Kier alpha value is -3.81. The second-order valence-electron chi connectivity index (χ2n) is 10.8. The molecule has 0 aliphatic carbocycles. The van der Waals surface area contributed by atoms with Gasteiger partial charge in [-0.2, -0.15) is 0 Å². The van der Waals surface area contributed by atoms with Gasteiger partial charge >= 0.3 is 6.09 Å². The number of benzene rings is 3. The number of ether oxygens (including phenoxy) is 1. The number of halogens is 1. The van der Waals surface area contributed by atoms with Gasteiger partial charge in [0, 0.05) is 48.7 Å². The van der Waals surface area contributed by atoms with Crippen LogP contribution in [0.25, 0.3) is 10.9 Å². The predicted molar refractivity (Wildman–Crippen MR) is 156 cm³/mol. The van der Waals surface area contributed by atoms with Gasteiger partial charge < -0.3 is 19.7 Å². The minimum Gasteiger partial charge on any atom is -0.494 e. The number of carbonyl (C=O) groups excluding carboxylic acids is 1. The first kappa shape index (κ1) is 26.8. The summed E-state index contributed by atoms with van der Waals surface area (Å²) in [6, 6.07) is 23.5. The van der Waals surface area contributed by atoms with Gasteiger partial charge in [-0.15, -0.1) is 0 Å². The number of aromatic amines is 1. The molecule has 4 aromatic rings. The number of amides is 1. The molecule has 0 bridgehead atoms. The Morgan fingerprint density at radius 2 is 1.69 bits per heavy atom. The van der Waals surface area contributed by atoms with Gasteiger partial charge in [-0.1, -0.05) is 60.1 Å². The van der Waals surface area contributed by atoms with E-state index in [0.29, 0.717) is 29.4 Å². The maximum atomic E-state index is 12.3. The highest BCUT2D eigenvalue weighted by atomic mass is 35.5. The number of piperazine rings is 1. The Labute approximate surface area is 233 Å². The van der Waals surface area contributed by atoms with Gasteiger partial charge in [0.1, 0.15) is 5.60 Å². The normalized spacial score (nSPS) is 15.1. The third kappa shape index (κ3) is 6.44. The molecule has 0 saturated carbocycles. The standard InChI is InChI=1S/C31H33ClN4O3/c1-31(2,3)39-30(38)36-17-15-35(16-18-36)20-21-9-12-24(13-10-21)33-28(22-7-5-4-6-8-22)27-25-14-11-23(32)19-26(25)34-29(27)37/h4-14,19,34,37H,15-18,20H2,1-3H3. The molecule has 1 fully saturated rings. The fourth-order valence-electron chi connectivity index (χ4n) is 4.73. The lowest BCUT2D eigenvalue weighted by Gasteiger charge is -2.35. The maximum Gasteiger partial charge on any atom is 0.410 e. The fourth-order valence-corrected chi connectivity index (χ4v) is 4.91. The molecule has 5 rings (SSSR count). The summed E-state index contributed by atoms with van der Waals surface area (Å²) < 4.78 is 5.50. The largest absolute Gasteiger partial charge is 0.494 e. The summed E-state index contributed by atoms with van der Waals surface area (Å²) in [5.41, 5.74) is 4.43. The van der Waals surface area contributed by atoms with Crippen LogP contribution in [0.5, 0.6) is 5.88 Å². The lowest BCUT2D eigenvalue weighted by atomic mass is 10.0. The molecular formula is C31H33ClN4O3. The lowest BCUT2D eigenvalue weighted by molar-refractivity contribution is 0.0139. The van der Waals surface area contributed by atoms with Gasteiger partial charge in [-0.25, -0.2) is 9.79 Å². The lowest BCUT2D eigenvalue weighted by Crippen LogP contribution is -2.49. The Kier molecular flexibility index (Phi) is 7.64. The molecule has 0 unspecified atom stereocenters. The number of nitrogens with zero attached hydrogens (tertiary/aromatic N) is 3. The number of hydrogen-bond acceptors (Lipinski definition) is 5. The molecule has 39 heavy (non-hydrogen) atoms. The van der Waals surface area contributed by atoms with Crippen molar-refractivity contribution in [3.05, 3.63) is 94.5 Å². The van der Waals surface area contributed by atoms with E-state index in [9.17, 15) is 9.90 Å². The van der Waals surface area contributed by atoms with Gasteiger partial charge in [-0.3, -0.25) is 4.90 Å². The molecule has 0 spiro atoms. The Balaban J connectivity index is 1.33. The van der Waals surface area contributed by atoms with Crippen molar-refractivity contribution in [1.82, 2.24) is 14.8 Å². The first-order valence-corrected chi connectivity index (χ1v) is 13.5. The van der Waals surface area contributed by atoms with E-state index in [4.69, 9.17) is 21.3 Å². The van der Waals surface area contributed by atoms with Gasteiger partial charge in [0.05, 0.1) is 22.5 Å². The average molecular weight is 545 g/mol. The molecule has 1 saturated heterocycles. The van der Waals surface area contributed by atoms with E-state index in [0.717, 1.165) is 41.8 Å². The smallest absolute Gasteiger partial charge is 0.410 e. The van der Waals surface area contributed by atoms with Gasteiger partial charge in [0.15, 0.2) is 5.88 Å². The third-order valence-electron chi connectivity index (χ3n) is 6.63. The monoisotopic (exact) mass is 544 g/mol. The Morgan fingerprint density at radius 1 is 1.00 bits per heavy atom. The zero-order chi connectivity index (χ0) is 27.6. The number of aromatic nitrogens is 1. The highest BCUT2D eigenvalue weighted by molar-refractivity contribution is 6.31. The number of H-pyrrole nitrogens is 1. The maximum absolute atomic E-state index is 12.3. The number of fused-ring (bicyclic) bond motifs is 1. The fraction of sp³-hybridized carbons (Fsp3) is 0.290. The molecule has 3 aromatic carbocycles. The molecule has 1 aliphatic heterocycles. The molecule has 2 heterocycles. The van der Waals surface area contributed by atoms with Crippen LogP contribution < -0.4 is 0 Å². The van der Waals surface area contributed by atoms with Crippen molar-refractivity contribution in [3.63, 3.8) is 0 Å². The molecule has 202 valence electrons. The van der Waals surface area contributed by atoms with Crippen LogP contribution in [0.2, 0.25) is 5.02 Å². The number of nitrogens with one attached hydrogen (secondary N) is 1. The minimum atomic E-state index is -0.487. The van der Waals surface area contributed by atoms with E-state index in [1.807, 2.05) is 75.4 Å². The van der Waals surface area contributed by atoms with Gasteiger partial charge in [-0.05, 0) is 50.6 Å². The first-order valence-electron chi connectivity index (χ1n) is 13.1. The van der Waals surface area contributed by atoms with Crippen molar-refractivity contribution >= 4 is 40.0 Å². The second kappa shape index (κ2) is 11.1. The number of aliphatic imine (C=N–C) groups is 1. The third-order valence-corrected chi connectivity index (χ3v) is 6.87. The minimum absolute atomic E-state index is 0.0528. The highest BCUT2D eigenvalue weighted by Crippen LogP contribution is 2.33. The summed E-state index contributed by atoms with van der Waals surface area (Å²) in [5, 5.41) is 12.3. The van der Waals surface area contributed by atoms with Crippen molar-refractivity contribution in [2.75, 3.05) is 26.2 Å². The van der Waals surface area contributed by atoms with E-state index >= 15 is 0 Å². The van der Waals surface area contributed by atoms with Crippen molar-refractivity contribution in [2.45, 2.75) is 32.9 Å². The molecule has 1 aliphatic rings. The number of aromatic hydroxyl groups is 1. The van der Waals surface area contributed by atoms with E-state index < -0.39 is 5.60 Å². The van der Waals surface area contributed by atoms with Gasteiger partial charge in [0.25, 0.3) is 0 Å². The van der Waals surface area contributed by atoms with Crippen LogP contribution in [0, 0.1) is 0 Å². The molecule has 2 N–H and O–H groups in total. The van der Waals surface area contributed by atoms with Crippen LogP contribution in [0.4, 0.5) is 10.5 Å². The summed E-state index contributed by atoms with van der Waals surface area (Å²) in [5.74, 6) is 0.0528. The van der Waals surface area contributed by atoms with E-state index in [-0.39, 0.29) is 12.0 Å². The number of carbonyl (C=O) groups is 1. The second-order valence-corrected chi connectivity index (χ2v) is 11.2. The summed E-state index contributed by atoms with van der Waals surface area (Å²) in [7, 11) is 0. The average Bonchev–Trinajstić information content (AvgIpc) is 3.22. The molecule has 1 amide bonds. The van der Waals surface area contributed by atoms with E-state index in [1.54, 1.807) is 11.0 Å². The number of hydrogen-bond donors (Lipinski definition) is 2. The topological polar surface area (TPSA) is 81.2 Å². The van der Waals surface area contributed by atoms with Crippen LogP contribution in [0.1, 0.15) is 37.5 Å². The SMILES string of the molecule is CC(C)(C)OC(=O)N1CCN(Cc2ccc(N=C(c3ccccc3)c3c(O)[nH]c4cc(Cl)ccc34)cc2)CC1. The number of rotatable bonds is 5. The first-order chi connectivity index (χ1) is 18.7. The van der Waals surface area contributed by atoms with Crippen LogP contribution in [0.3, 0.4) is 0 Å². The summed E-state index contributed by atoms with van der Waals surface area (Å²) in [6.07, 6.45) is -0.247. The van der Waals surface area contributed by atoms with Crippen LogP contribution >= 0.6 is 11.6 Å². The molecule has 0 radical (unpaired) electrons. The molecule has 0 atom stereocenters. The van der Waals surface area contributed by atoms with Crippen LogP contribution in [0.15, 0.2) is 77.8 Å². The predicted octanol–water partition coefficient (Wildman–Crippen LogP) is 6.75. The molecule has 8 heteroatoms. The van der Waals surface area contributed by atoms with E-state index in [2.05, 4.69) is 22.0 Å². The Morgan fingerprint density at radius 3 is 2.36 bits per heavy atom. The van der Waals surface area contributed by atoms with Crippen molar-refractivity contribution in [2.24, 2.45) is 4.99 Å². The Bertz CT molecular complexity index is 1480. The summed E-state index contributed by atoms with van der Waals surface area (Å²) >= 11 is 6.18. The van der Waals surface area contributed by atoms with E-state index in [1.165, 1.54) is 5.56 Å². The van der Waals surface area contributed by atoms with Crippen molar-refractivity contribution < 1.29 is 14.6 Å². The quantitative estimate of drug-likeness (QED) is 0.272. The molecule has 7 nitrogen and oxygen atoms in total. The molecule has 1 aromatic heterocycles. The zero-order valence-corrected chi connectivity index (χ0v) is 23.2. The van der Waals surface area contributed by atoms with Crippen molar-refractivity contribution in [1.29, 1.82) is 0 Å². The summed E-state index contributed by atoms with van der Waals surface area (Å²) in [4.78, 5) is 24.5. The summed E-state index contributed by atoms with van der Waals surface area (Å²) in [6.45, 7) is 9.34. The van der Waals surface area contributed by atoms with Crippen molar-refractivity contribution in [3.8, 4) is 5.88 Å².